The number of halogens is 2. The minimum atomic E-state index is 0. The molecule has 4 aromatic rings. The topological polar surface area (TPSA) is 151 Å². The van der Waals surface area contributed by atoms with Crippen molar-refractivity contribution in [2.75, 3.05) is 31.0 Å². The summed E-state index contributed by atoms with van der Waals surface area (Å²) in [7, 11) is 3.29. The Labute approximate surface area is 298 Å². The van der Waals surface area contributed by atoms with Crippen LogP contribution >= 0.6 is 45.2 Å². The van der Waals surface area contributed by atoms with Gasteiger partial charge in [0.05, 0.1) is 33.8 Å². The first-order valence-corrected chi connectivity index (χ1v) is 16.0. The van der Waals surface area contributed by atoms with Crippen molar-refractivity contribution in [1.29, 1.82) is 5.26 Å². The Balaban J connectivity index is 0.000000316. The van der Waals surface area contributed by atoms with Crippen LogP contribution in [0, 0.1) is 18.5 Å². The second-order valence-corrected chi connectivity index (χ2v) is 12.5. The van der Waals surface area contributed by atoms with E-state index >= 15 is 0 Å². The maximum absolute atomic E-state index is 9.36. The molecule has 3 aromatic carbocycles. The summed E-state index contributed by atoms with van der Waals surface area (Å²) >= 11 is 4.39. The highest BCUT2D eigenvalue weighted by Crippen LogP contribution is 2.38. The molecule has 0 unspecified atom stereocenters. The third-order valence-electron chi connectivity index (χ3n) is 6.31. The van der Waals surface area contributed by atoms with Gasteiger partial charge in [0.1, 0.15) is 29.1 Å². The Kier molecular flexibility index (Phi) is 15.2. The highest BCUT2D eigenvalue weighted by atomic mass is 127. The largest absolute Gasteiger partial charge is 0.496 e. The molecule has 1 aromatic heterocycles. The highest BCUT2D eigenvalue weighted by molar-refractivity contribution is 14.1. The maximum Gasteiger partial charge on any atom is 0.222 e. The predicted molar refractivity (Wildman–Crippen MR) is 202 cm³/mol. The minimum Gasteiger partial charge on any atom is -0.496 e. The van der Waals surface area contributed by atoms with Crippen molar-refractivity contribution in [3.05, 3.63) is 91.0 Å². The summed E-state index contributed by atoms with van der Waals surface area (Å²) in [6.07, 6.45) is 3.04. The molecule has 0 saturated carbocycles. The number of hydrogen-bond acceptors (Lipinski definition) is 10. The smallest absolute Gasteiger partial charge is 0.222 e. The number of ether oxygens (including phenoxy) is 4. The lowest BCUT2D eigenvalue weighted by atomic mass is 10.0. The van der Waals surface area contributed by atoms with Gasteiger partial charge in [-0.1, -0.05) is 53.3 Å². The molecule has 4 rings (SSSR count). The molecule has 0 spiro atoms. The summed E-state index contributed by atoms with van der Waals surface area (Å²) < 4.78 is 24.3. The number of aromatic nitrogens is 2. The Bertz CT molecular complexity index is 1670. The Hall–Kier alpha value is -3.97. The lowest BCUT2D eigenvalue weighted by molar-refractivity contribution is 0.405. The molecule has 0 amide bonds. The number of nitrogens with zero attached hydrogens (tertiary/aromatic N) is 3. The SMILES string of the molecule is C.COc1cc(C(C)C)c(O/C(C#N)=C/Nc2ccccc2)cc1I.COc1cc(C(C)C)c(Oc2cnc(N)nc2N)cc1I. The second kappa shape index (κ2) is 18.2. The number of nitrogen functional groups attached to an aromatic ring is 2. The van der Waals surface area contributed by atoms with Gasteiger partial charge in [-0.3, -0.25) is 0 Å². The van der Waals surface area contributed by atoms with Crippen LogP contribution in [-0.2, 0) is 0 Å². The number of methoxy groups -OCH3 is 2. The molecule has 0 saturated heterocycles. The van der Waals surface area contributed by atoms with Crippen molar-refractivity contribution in [2.24, 2.45) is 0 Å². The van der Waals surface area contributed by atoms with Crippen LogP contribution in [0.5, 0.6) is 28.7 Å². The number of hydrogen-bond donors (Lipinski definition) is 3. The fraction of sp³-hybridized carbons (Fsp3) is 0.265. The highest BCUT2D eigenvalue weighted by Gasteiger charge is 2.16. The van der Waals surface area contributed by atoms with E-state index in [-0.39, 0.29) is 36.8 Å². The minimum absolute atomic E-state index is 0. The Morgan fingerprint density at radius 2 is 1.39 bits per heavy atom. The van der Waals surface area contributed by atoms with Gasteiger partial charge in [-0.2, -0.15) is 10.2 Å². The van der Waals surface area contributed by atoms with Crippen LogP contribution in [0.1, 0.15) is 58.1 Å². The molecule has 46 heavy (non-hydrogen) atoms. The zero-order valence-electron chi connectivity index (χ0n) is 25.9. The van der Waals surface area contributed by atoms with Crippen LogP contribution in [0.2, 0.25) is 0 Å². The van der Waals surface area contributed by atoms with Crippen LogP contribution < -0.4 is 35.7 Å². The lowest BCUT2D eigenvalue weighted by Crippen LogP contribution is -2.03. The van der Waals surface area contributed by atoms with Gasteiger partial charge in [0.15, 0.2) is 11.6 Å². The van der Waals surface area contributed by atoms with Crippen molar-refractivity contribution in [3.8, 4) is 34.8 Å². The van der Waals surface area contributed by atoms with Gasteiger partial charge < -0.3 is 35.7 Å². The van der Waals surface area contributed by atoms with Crippen LogP contribution in [0.4, 0.5) is 17.5 Å². The lowest BCUT2D eigenvalue weighted by Gasteiger charge is -2.16. The molecule has 5 N–H and O–H groups in total. The van der Waals surface area contributed by atoms with E-state index < -0.39 is 0 Å². The van der Waals surface area contributed by atoms with Gasteiger partial charge in [-0.05, 0) is 93.4 Å². The number of para-hydroxylation sites is 1. The standard InChI is InChI=1S/C19H19IN2O2.C14H17IN4O2.CH4/c1-13(2)16-9-19(23-3)17(20)10-18(16)24-15(11-21)12-22-14-7-5-4-6-8-14;1-7(2)8-4-11(20-3)9(15)5-10(8)21-12-6-18-14(17)19-13(12)16;/h4-10,12-13,22H,1-3H3;4-7H,1-3H3,(H4,16,17,18,19);1H4/b15-12+;;. The molecule has 0 aliphatic carbocycles. The second-order valence-electron chi connectivity index (χ2n) is 10.2. The van der Waals surface area contributed by atoms with Gasteiger partial charge in [0.2, 0.25) is 11.7 Å². The van der Waals surface area contributed by atoms with E-state index in [4.69, 9.17) is 30.4 Å². The quantitative estimate of drug-likeness (QED) is 0.0801. The number of rotatable bonds is 10. The van der Waals surface area contributed by atoms with Gasteiger partial charge in [0, 0.05) is 16.8 Å². The fourth-order valence-corrected chi connectivity index (χ4v) is 5.29. The molecule has 12 heteroatoms. The van der Waals surface area contributed by atoms with E-state index in [2.05, 4.69) is 94.2 Å². The molecule has 244 valence electrons. The van der Waals surface area contributed by atoms with Gasteiger partial charge >= 0.3 is 0 Å². The van der Waals surface area contributed by atoms with E-state index in [1.165, 1.54) is 6.20 Å². The fourth-order valence-electron chi connectivity index (χ4n) is 3.98. The van der Waals surface area contributed by atoms with E-state index in [0.29, 0.717) is 17.2 Å². The number of benzene rings is 3. The zero-order chi connectivity index (χ0) is 33.1. The monoisotopic (exact) mass is 850 g/mol. The van der Waals surface area contributed by atoms with Gasteiger partial charge in [-0.15, -0.1) is 0 Å². The van der Waals surface area contributed by atoms with Crippen LogP contribution in [-0.4, -0.2) is 24.2 Å². The molecule has 10 nitrogen and oxygen atoms in total. The predicted octanol–water partition coefficient (Wildman–Crippen LogP) is 9.09. The molecule has 0 bridgehead atoms. The number of nitriles is 1. The van der Waals surface area contributed by atoms with Crippen molar-refractivity contribution >= 4 is 62.6 Å². The Morgan fingerprint density at radius 3 is 1.89 bits per heavy atom. The first-order chi connectivity index (χ1) is 21.5. The Morgan fingerprint density at radius 1 is 0.848 bits per heavy atom. The maximum atomic E-state index is 9.36. The average Bonchev–Trinajstić information content (AvgIpc) is 3.01. The normalized spacial score (nSPS) is 10.7. The zero-order valence-corrected chi connectivity index (χ0v) is 30.2. The van der Waals surface area contributed by atoms with Crippen molar-refractivity contribution in [3.63, 3.8) is 0 Å². The summed E-state index contributed by atoms with van der Waals surface area (Å²) in [6, 6.07) is 19.4. The molecule has 0 aliphatic rings. The summed E-state index contributed by atoms with van der Waals surface area (Å²) in [5.74, 6) is 4.40. The number of nitrogens with one attached hydrogen (secondary N) is 1. The van der Waals surface area contributed by atoms with E-state index in [1.54, 1.807) is 20.4 Å². The summed E-state index contributed by atoms with van der Waals surface area (Å²) in [5, 5.41) is 12.4. The van der Waals surface area contributed by atoms with Crippen molar-refractivity contribution in [1.82, 2.24) is 9.97 Å². The molecule has 0 atom stereocenters. The molecule has 0 aliphatic heterocycles. The van der Waals surface area contributed by atoms with Crippen molar-refractivity contribution < 1.29 is 18.9 Å². The molecule has 0 fully saturated rings. The first kappa shape index (κ1) is 38.2. The van der Waals surface area contributed by atoms with Crippen LogP contribution in [0.15, 0.2) is 72.8 Å². The molecular weight excluding hydrogens is 810 g/mol. The third kappa shape index (κ3) is 10.5. The third-order valence-corrected chi connectivity index (χ3v) is 7.99. The molecule has 1 heterocycles. The van der Waals surface area contributed by atoms with Crippen LogP contribution in [0.25, 0.3) is 0 Å². The summed E-state index contributed by atoms with van der Waals surface area (Å²) in [5.41, 5.74) is 14.2. The van der Waals surface area contributed by atoms with Crippen LogP contribution in [0.3, 0.4) is 0 Å². The number of allylic oxidation sites excluding steroid dienone is 1. The molecular formula is C34H40I2N6O4. The van der Waals surface area contributed by atoms with Gasteiger partial charge in [0.25, 0.3) is 0 Å². The number of nitrogens with two attached hydrogens (primary N) is 2. The summed E-state index contributed by atoms with van der Waals surface area (Å²) in [4.78, 5) is 7.80. The summed E-state index contributed by atoms with van der Waals surface area (Å²) in [6.45, 7) is 8.31. The number of anilines is 3. The van der Waals surface area contributed by atoms with Crippen molar-refractivity contribution in [2.45, 2.75) is 47.0 Å². The first-order valence-electron chi connectivity index (χ1n) is 13.9. The van der Waals surface area contributed by atoms with E-state index in [0.717, 1.165) is 35.5 Å². The molecule has 0 radical (unpaired) electrons. The van der Waals surface area contributed by atoms with Gasteiger partial charge in [-0.25, -0.2) is 4.98 Å². The average molecular weight is 851 g/mol. The van der Waals surface area contributed by atoms with E-state index in [1.807, 2.05) is 54.6 Å². The van der Waals surface area contributed by atoms with E-state index in [9.17, 15) is 5.26 Å².